The van der Waals surface area contributed by atoms with Crippen molar-refractivity contribution in [2.24, 2.45) is 0 Å². The number of carbonyl (C=O) groups is 1. The number of rotatable bonds is 3. The van der Waals surface area contributed by atoms with E-state index in [1.807, 2.05) is 19.1 Å². The second kappa shape index (κ2) is 4.69. The Hall–Kier alpha value is -2.63. The van der Waals surface area contributed by atoms with E-state index >= 15 is 0 Å². The van der Waals surface area contributed by atoms with Crippen LogP contribution in [-0.2, 0) is 11.3 Å². The van der Waals surface area contributed by atoms with Crippen LogP contribution < -0.4 is 10.9 Å². The molecule has 0 unspecified atom stereocenters. The van der Waals surface area contributed by atoms with E-state index < -0.39 is 5.63 Å². The molecule has 4 rings (SSSR count). The van der Waals surface area contributed by atoms with Gasteiger partial charge in [0.05, 0.1) is 11.7 Å². The molecule has 22 heavy (non-hydrogen) atoms. The molecule has 1 saturated carbocycles. The van der Waals surface area contributed by atoms with Gasteiger partial charge < -0.3 is 9.73 Å². The zero-order valence-corrected chi connectivity index (χ0v) is 12.1. The highest BCUT2D eigenvalue weighted by Crippen LogP contribution is 2.24. The first-order valence-corrected chi connectivity index (χ1v) is 7.30. The van der Waals surface area contributed by atoms with E-state index in [4.69, 9.17) is 4.42 Å². The highest BCUT2D eigenvalue weighted by atomic mass is 16.4. The van der Waals surface area contributed by atoms with Gasteiger partial charge in [0.15, 0.2) is 0 Å². The van der Waals surface area contributed by atoms with Crippen LogP contribution in [0.1, 0.15) is 18.4 Å². The van der Waals surface area contributed by atoms with Crippen molar-refractivity contribution >= 4 is 27.8 Å². The molecule has 0 atom stereocenters. The lowest BCUT2D eigenvalue weighted by Gasteiger charge is -2.07. The number of carbonyl (C=O) groups excluding carboxylic acids is 1. The molecule has 1 aromatic carbocycles. The van der Waals surface area contributed by atoms with Crippen LogP contribution in [0.3, 0.4) is 0 Å². The Bertz CT molecular complexity index is 950. The van der Waals surface area contributed by atoms with Gasteiger partial charge in [-0.2, -0.15) is 5.10 Å². The lowest BCUT2D eigenvalue weighted by atomic mass is 10.1. The van der Waals surface area contributed by atoms with Gasteiger partial charge in [-0.05, 0) is 31.9 Å². The Balaban J connectivity index is 1.87. The van der Waals surface area contributed by atoms with Gasteiger partial charge in [-0.15, -0.1) is 0 Å². The SMILES string of the molecule is Cc1ccc2oc(=O)c3cnn(CC(=O)NC4CC4)c3c2c1. The molecule has 1 aliphatic carbocycles. The quantitative estimate of drug-likeness (QED) is 0.747. The fraction of sp³-hybridized carbons (Fsp3) is 0.312. The second-order valence-electron chi connectivity index (χ2n) is 5.80. The van der Waals surface area contributed by atoms with Crippen molar-refractivity contribution in [1.82, 2.24) is 15.1 Å². The first kappa shape index (κ1) is 13.1. The summed E-state index contributed by atoms with van der Waals surface area (Å²) >= 11 is 0. The molecule has 1 amide bonds. The monoisotopic (exact) mass is 297 g/mol. The van der Waals surface area contributed by atoms with Crippen LogP contribution in [-0.4, -0.2) is 21.7 Å². The zero-order chi connectivity index (χ0) is 15.3. The smallest absolute Gasteiger partial charge is 0.347 e. The summed E-state index contributed by atoms with van der Waals surface area (Å²) in [6.45, 7) is 2.07. The highest BCUT2D eigenvalue weighted by molar-refractivity contribution is 6.02. The maximum absolute atomic E-state index is 12.0. The van der Waals surface area contributed by atoms with E-state index in [9.17, 15) is 9.59 Å². The molecule has 1 N–H and O–H groups in total. The second-order valence-corrected chi connectivity index (χ2v) is 5.80. The number of benzene rings is 1. The molecule has 0 spiro atoms. The van der Waals surface area contributed by atoms with Gasteiger partial charge in [-0.3, -0.25) is 9.48 Å². The van der Waals surface area contributed by atoms with Gasteiger partial charge in [0.2, 0.25) is 5.91 Å². The van der Waals surface area contributed by atoms with E-state index in [0.29, 0.717) is 22.5 Å². The first-order valence-electron chi connectivity index (χ1n) is 7.30. The van der Waals surface area contributed by atoms with Gasteiger partial charge in [0, 0.05) is 11.4 Å². The van der Waals surface area contributed by atoms with Crippen LogP contribution in [0, 0.1) is 6.92 Å². The Labute approximate surface area is 125 Å². The Kier molecular flexibility index (Phi) is 2.79. The van der Waals surface area contributed by atoms with Crippen molar-refractivity contribution in [3.63, 3.8) is 0 Å². The summed E-state index contributed by atoms with van der Waals surface area (Å²) in [7, 11) is 0. The maximum Gasteiger partial charge on any atom is 0.347 e. The minimum atomic E-state index is -0.430. The van der Waals surface area contributed by atoms with E-state index in [1.54, 1.807) is 10.7 Å². The number of fused-ring (bicyclic) bond motifs is 3. The molecule has 6 nitrogen and oxygen atoms in total. The Morgan fingerprint density at radius 3 is 3.00 bits per heavy atom. The summed E-state index contributed by atoms with van der Waals surface area (Å²) in [6.07, 6.45) is 3.54. The van der Waals surface area contributed by atoms with Crippen LogP contribution >= 0.6 is 0 Å². The molecule has 0 bridgehead atoms. The lowest BCUT2D eigenvalue weighted by Crippen LogP contribution is -2.29. The largest absolute Gasteiger partial charge is 0.422 e. The first-order chi connectivity index (χ1) is 10.6. The summed E-state index contributed by atoms with van der Waals surface area (Å²) in [5.41, 5.74) is 1.78. The Morgan fingerprint density at radius 1 is 1.41 bits per heavy atom. The third-order valence-electron chi connectivity index (χ3n) is 3.89. The van der Waals surface area contributed by atoms with E-state index in [1.165, 1.54) is 6.20 Å². The summed E-state index contributed by atoms with van der Waals surface area (Å²) < 4.78 is 6.89. The van der Waals surface area contributed by atoms with Gasteiger partial charge >= 0.3 is 5.63 Å². The number of nitrogens with zero attached hydrogens (tertiary/aromatic N) is 2. The third kappa shape index (κ3) is 2.16. The molecule has 3 aromatic rings. The van der Waals surface area contributed by atoms with Crippen LogP contribution in [0.4, 0.5) is 0 Å². The minimum Gasteiger partial charge on any atom is -0.422 e. The molecule has 0 saturated heterocycles. The summed E-state index contributed by atoms with van der Waals surface area (Å²) in [5, 5.41) is 8.33. The summed E-state index contributed by atoms with van der Waals surface area (Å²) in [4.78, 5) is 24.1. The molecule has 1 aliphatic rings. The number of aromatic nitrogens is 2. The fourth-order valence-corrected chi connectivity index (χ4v) is 2.65. The Morgan fingerprint density at radius 2 is 2.23 bits per heavy atom. The number of amides is 1. The summed E-state index contributed by atoms with van der Waals surface area (Å²) in [5.74, 6) is -0.0819. The van der Waals surface area contributed by atoms with Crippen LogP contribution in [0.2, 0.25) is 0 Å². The number of hydrogen-bond acceptors (Lipinski definition) is 4. The maximum atomic E-state index is 12.0. The van der Waals surface area contributed by atoms with Crippen LogP contribution in [0.5, 0.6) is 0 Å². The van der Waals surface area contributed by atoms with Gasteiger partial charge in [0.25, 0.3) is 0 Å². The van der Waals surface area contributed by atoms with Crippen molar-refractivity contribution in [2.45, 2.75) is 32.4 Å². The number of nitrogens with one attached hydrogen (secondary N) is 1. The topological polar surface area (TPSA) is 77.1 Å². The molecule has 2 heterocycles. The normalized spacial score (nSPS) is 14.6. The van der Waals surface area contributed by atoms with Crippen LogP contribution in [0.25, 0.3) is 21.9 Å². The average molecular weight is 297 g/mol. The molecule has 2 aromatic heterocycles. The predicted octanol–water partition coefficient (Wildman–Crippen LogP) is 1.73. The lowest BCUT2D eigenvalue weighted by molar-refractivity contribution is -0.121. The van der Waals surface area contributed by atoms with Crippen molar-refractivity contribution in [3.8, 4) is 0 Å². The molecule has 0 aliphatic heterocycles. The van der Waals surface area contributed by atoms with Crippen molar-refractivity contribution < 1.29 is 9.21 Å². The zero-order valence-electron chi connectivity index (χ0n) is 12.1. The van der Waals surface area contributed by atoms with Gasteiger partial charge in [-0.1, -0.05) is 11.6 Å². The van der Waals surface area contributed by atoms with Crippen molar-refractivity contribution in [3.05, 3.63) is 40.4 Å². The molecular weight excluding hydrogens is 282 g/mol. The fourth-order valence-electron chi connectivity index (χ4n) is 2.65. The van der Waals surface area contributed by atoms with Crippen LogP contribution in [0.15, 0.2) is 33.6 Å². The molecule has 0 radical (unpaired) electrons. The van der Waals surface area contributed by atoms with E-state index in [0.717, 1.165) is 23.8 Å². The van der Waals surface area contributed by atoms with Crippen molar-refractivity contribution in [2.75, 3.05) is 0 Å². The molecule has 6 heteroatoms. The molecule has 1 fully saturated rings. The van der Waals surface area contributed by atoms with Gasteiger partial charge in [0.1, 0.15) is 17.5 Å². The summed E-state index contributed by atoms with van der Waals surface area (Å²) in [6, 6.07) is 5.90. The predicted molar refractivity (Wildman–Crippen MR) is 81.7 cm³/mol. The average Bonchev–Trinajstić information content (AvgIpc) is 3.18. The number of aryl methyl sites for hydroxylation is 1. The number of hydrogen-bond donors (Lipinski definition) is 1. The highest BCUT2D eigenvalue weighted by Gasteiger charge is 2.24. The molecule has 112 valence electrons. The third-order valence-corrected chi connectivity index (χ3v) is 3.89. The standard InChI is InChI=1S/C16H15N3O3/c1-9-2-5-13-11(6-9)15-12(16(21)22-13)7-17-19(15)8-14(20)18-10-3-4-10/h2,5-7,10H,3-4,8H2,1H3,(H,18,20). The molecular formula is C16H15N3O3. The van der Waals surface area contributed by atoms with E-state index in [2.05, 4.69) is 10.4 Å². The van der Waals surface area contributed by atoms with Crippen molar-refractivity contribution in [1.29, 1.82) is 0 Å². The van der Waals surface area contributed by atoms with Gasteiger partial charge in [-0.25, -0.2) is 4.79 Å². The minimum absolute atomic E-state index is 0.0819. The van der Waals surface area contributed by atoms with E-state index in [-0.39, 0.29) is 12.5 Å².